The zero-order valence-corrected chi connectivity index (χ0v) is 25.1. The summed E-state index contributed by atoms with van der Waals surface area (Å²) in [5.41, 5.74) is 11.1. The Bertz CT molecular complexity index is 792. The summed E-state index contributed by atoms with van der Waals surface area (Å²) in [5, 5.41) is 36.7. The van der Waals surface area contributed by atoms with Gasteiger partial charge in [0, 0.05) is 36.6 Å². The normalized spacial score (nSPS) is 11.1. The molecule has 0 saturated heterocycles. The van der Waals surface area contributed by atoms with Gasteiger partial charge in [-0.2, -0.15) is 0 Å². The Hall–Kier alpha value is -3.10. The first kappa shape index (κ1) is 43.9. The number of aliphatic imine (C=N–C) groups is 2. The van der Waals surface area contributed by atoms with Crippen LogP contribution >= 0.6 is 0 Å². The smallest absolute Gasteiger partial charge is 0.250 e. The van der Waals surface area contributed by atoms with E-state index in [9.17, 15) is 24.8 Å². The van der Waals surface area contributed by atoms with Gasteiger partial charge in [-0.05, 0) is 40.0 Å². The van der Waals surface area contributed by atoms with Gasteiger partial charge in [0.2, 0.25) is 17.7 Å². The molecule has 0 rings (SSSR count). The van der Waals surface area contributed by atoms with Crippen molar-refractivity contribution in [1.29, 1.82) is 5.41 Å². The van der Waals surface area contributed by atoms with Crippen molar-refractivity contribution in [3.8, 4) is 0 Å². The minimum Gasteiger partial charge on any atom is -0.388 e. The molecular formula is C26H56N8O6. The maximum atomic E-state index is 11.2. The fraction of sp³-hybridized carbons (Fsp3) is 0.769. The van der Waals surface area contributed by atoms with Gasteiger partial charge in [0.1, 0.15) is 6.67 Å². The number of nitrogens with zero attached hydrogens (tertiary/aromatic N) is 5. The molecule has 0 aromatic carbocycles. The second-order valence-corrected chi connectivity index (χ2v) is 9.83. The maximum Gasteiger partial charge on any atom is 0.250 e. The molecule has 3 amide bonds. The fourth-order valence-corrected chi connectivity index (χ4v) is 2.33. The summed E-state index contributed by atoms with van der Waals surface area (Å²) < 4.78 is 0. The molecule has 8 N–H and O–H groups in total. The van der Waals surface area contributed by atoms with Crippen LogP contribution in [-0.2, 0) is 14.4 Å². The lowest BCUT2D eigenvalue weighted by Gasteiger charge is -2.16. The van der Waals surface area contributed by atoms with Crippen LogP contribution in [0.5, 0.6) is 0 Å². The first-order valence-corrected chi connectivity index (χ1v) is 12.9. The molecule has 0 aromatic heterocycles. The third-order valence-electron chi connectivity index (χ3n) is 4.51. The highest BCUT2D eigenvalue weighted by Gasteiger charge is 2.15. The highest BCUT2D eigenvalue weighted by atomic mass is 16.5. The van der Waals surface area contributed by atoms with Crippen molar-refractivity contribution in [2.24, 2.45) is 39.2 Å². The molecule has 236 valence electrons. The van der Waals surface area contributed by atoms with Crippen LogP contribution in [-0.4, -0.2) is 92.2 Å². The SMILES string of the molecule is C.CC(=N)CCCN(O)C(=O)C(C)C.CC(N)=NCCCN(O)C(=O)C(C)C.CC(N)=NCN(O)C(=O)C(C)C. The number of carbonyl (C=O) groups is 3. The zero-order valence-electron chi connectivity index (χ0n) is 25.1. The molecule has 0 saturated carbocycles. The Balaban J connectivity index is -0.000000241. The zero-order chi connectivity index (χ0) is 31.3. The third kappa shape index (κ3) is 26.5. The first-order valence-electron chi connectivity index (χ1n) is 12.9. The summed E-state index contributed by atoms with van der Waals surface area (Å²) in [6, 6.07) is 0. The van der Waals surface area contributed by atoms with E-state index >= 15 is 0 Å². The molecule has 14 nitrogen and oxygen atoms in total. The topological polar surface area (TPSA) is 222 Å². The van der Waals surface area contributed by atoms with Gasteiger partial charge >= 0.3 is 0 Å². The summed E-state index contributed by atoms with van der Waals surface area (Å²) in [6.45, 7) is 16.4. The Kier molecular flexibility index (Phi) is 27.4. The average molecular weight is 577 g/mol. The van der Waals surface area contributed by atoms with Gasteiger partial charge in [0.25, 0.3) is 0 Å². The van der Waals surface area contributed by atoms with Gasteiger partial charge in [-0.3, -0.25) is 35.0 Å². The van der Waals surface area contributed by atoms with E-state index in [0.29, 0.717) is 61.3 Å². The second-order valence-electron chi connectivity index (χ2n) is 9.83. The van der Waals surface area contributed by atoms with Crippen LogP contribution in [0.25, 0.3) is 0 Å². The predicted octanol–water partition coefficient (Wildman–Crippen LogP) is 3.14. The lowest BCUT2D eigenvalue weighted by Crippen LogP contribution is -2.32. The lowest BCUT2D eigenvalue weighted by molar-refractivity contribution is -0.169. The summed E-state index contributed by atoms with van der Waals surface area (Å²) in [7, 11) is 0. The van der Waals surface area contributed by atoms with E-state index in [4.69, 9.17) is 22.1 Å². The first-order chi connectivity index (χ1) is 17.8. The minimum atomic E-state index is -0.361. The largest absolute Gasteiger partial charge is 0.388 e. The lowest BCUT2D eigenvalue weighted by atomic mass is 10.2. The van der Waals surface area contributed by atoms with Gasteiger partial charge in [-0.15, -0.1) is 0 Å². The Morgan fingerprint density at radius 2 is 1.05 bits per heavy atom. The number of carbonyl (C=O) groups excluding carboxylic acids is 3. The molecule has 0 radical (unpaired) electrons. The maximum absolute atomic E-state index is 11.2. The fourth-order valence-electron chi connectivity index (χ4n) is 2.33. The molecule has 0 atom stereocenters. The number of amidine groups is 2. The average Bonchev–Trinajstić information content (AvgIpc) is 2.83. The van der Waals surface area contributed by atoms with Crippen molar-refractivity contribution in [3.63, 3.8) is 0 Å². The van der Waals surface area contributed by atoms with E-state index < -0.39 is 0 Å². The molecule has 0 aliphatic rings. The summed E-state index contributed by atoms with van der Waals surface area (Å²) in [6.07, 6.45) is 1.89. The molecule has 0 unspecified atom stereocenters. The number of rotatable bonds is 13. The van der Waals surface area contributed by atoms with Crippen molar-refractivity contribution in [3.05, 3.63) is 0 Å². The van der Waals surface area contributed by atoms with Crippen molar-refractivity contribution >= 4 is 35.1 Å². The number of hydrogen-bond donors (Lipinski definition) is 6. The Morgan fingerprint density at radius 1 is 0.700 bits per heavy atom. The van der Waals surface area contributed by atoms with E-state index in [1.165, 1.54) is 0 Å². The summed E-state index contributed by atoms with van der Waals surface area (Å²) in [4.78, 5) is 41.0. The van der Waals surface area contributed by atoms with Gasteiger partial charge in [-0.1, -0.05) is 49.0 Å². The van der Waals surface area contributed by atoms with Crippen LogP contribution in [0.15, 0.2) is 9.98 Å². The Morgan fingerprint density at radius 3 is 1.38 bits per heavy atom. The van der Waals surface area contributed by atoms with Crippen LogP contribution in [0.1, 0.15) is 89.0 Å². The molecule has 0 aliphatic heterocycles. The standard InChI is InChI=1S/C9H19N3O2.C9H18N2O2.C7H15N3O2.CH4/c1-7(2)9(13)12(14)6-4-5-11-8(3)10;1-7(2)9(12)11(13)6-4-5-8(3)10;1-5(2)7(11)10(12)4-9-6(3)8;/h7,14H,4-6H2,1-3H3,(H2,10,11);7,10,13H,4-6H2,1-3H3;5,12H,4H2,1-3H3,(H2,8,9);1H4. The monoisotopic (exact) mass is 576 g/mol. The molecule has 0 aliphatic carbocycles. The van der Waals surface area contributed by atoms with Gasteiger partial charge in [-0.25, -0.2) is 20.2 Å². The van der Waals surface area contributed by atoms with Crippen LogP contribution in [0.4, 0.5) is 0 Å². The van der Waals surface area contributed by atoms with Gasteiger partial charge in [0.05, 0.1) is 18.2 Å². The quantitative estimate of drug-likeness (QED) is 0.0626. The minimum absolute atomic E-state index is 0. The van der Waals surface area contributed by atoms with Crippen LogP contribution in [0, 0.1) is 23.2 Å². The molecule has 0 bridgehead atoms. The van der Waals surface area contributed by atoms with Crippen LogP contribution < -0.4 is 11.5 Å². The molecule has 0 aromatic rings. The van der Waals surface area contributed by atoms with E-state index in [1.54, 1.807) is 62.3 Å². The number of amides is 3. The van der Waals surface area contributed by atoms with E-state index in [-0.39, 0.29) is 49.6 Å². The predicted molar refractivity (Wildman–Crippen MR) is 158 cm³/mol. The third-order valence-corrected chi connectivity index (χ3v) is 4.51. The molecule has 0 spiro atoms. The highest BCUT2D eigenvalue weighted by Crippen LogP contribution is 2.01. The van der Waals surface area contributed by atoms with E-state index in [2.05, 4.69) is 9.98 Å². The number of hydroxylamine groups is 6. The van der Waals surface area contributed by atoms with Crippen molar-refractivity contribution in [1.82, 2.24) is 15.2 Å². The van der Waals surface area contributed by atoms with Crippen molar-refractivity contribution in [2.45, 2.75) is 89.0 Å². The number of nitrogens with two attached hydrogens (primary N) is 2. The molecule has 14 heteroatoms. The van der Waals surface area contributed by atoms with Crippen molar-refractivity contribution in [2.75, 3.05) is 26.3 Å². The van der Waals surface area contributed by atoms with Gasteiger partial charge in [0.15, 0.2) is 0 Å². The highest BCUT2D eigenvalue weighted by molar-refractivity contribution is 5.80. The second kappa shape index (κ2) is 24.9. The molecular weight excluding hydrogens is 520 g/mol. The van der Waals surface area contributed by atoms with Gasteiger partial charge < -0.3 is 16.9 Å². The van der Waals surface area contributed by atoms with Crippen LogP contribution in [0.3, 0.4) is 0 Å². The summed E-state index contributed by atoms with van der Waals surface area (Å²) >= 11 is 0. The molecule has 0 fully saturated rings. The van der Waals surface area contributed by atoms with E-state index in [0.717, 1.165) is 10.1 Å². The molecule has 0 heterocycles. The molecule has 40 heavy (non-hydrogen) atoms. The van der Waals surface area contributed by atoms with E-state index in [1.807, 2.05) is 0 Å². The number of nitrogens with one attached hydrogen (secondary N) is 1. The van der Waals surface area contributed by atoms with Crippen LogP contribution in [0.2, 0.25) is 0 Å². The Labute approximate surface area is 240 Å². The number of hydrogen-bond acceptors (Lipinski definition) is 9. The van der Waals surface area contributed by atoms with Crippen molar-refractivity contribution < 1.29 is 30.0 Å². The summed E-state index contributed by atoms with van der Waals surface area (Å²) in [5.74, 6) is -0.620.